The first-order chi connectivity index (χ1) is 19.1. The van der Waals surface area contributed by atoms with Gasteiger partial charge in [0.1, 0.15) is 11.5 Å². The molecule has 8 nitrogen and oxygen atoms in total. The van der Waals surface area contributed by atoms with Crippen molar-refractivity contribution in [2.45, 2.75) is 33.6 Å². The van der Waals surface area contributed by atoms with E-state index in [0.29, 0.717) is 22.3 Å². The van der Waals surface area contributed by atoms with Gasteiger partial charge in [-0.2, -0.15) is 0 Å². The molecule has 5 N–H and O–H groups in total. The quantitative estimate of drug-likeness (QED) is 0.106. The smallest absolute Gasteiger partial charge is 0.273 e. The molecular weight excluding hydrogens is 506 g/mol. The molecule has 4 aromatic rings. The Hall–Kier alpha value is -5.11. The molecule has 0 saturated heterocycles. The van der Waals surface area contributed by atoms with Crippen LogP contribution in [0.15, 0.2) is 90.1 Å². The van der Waals surface area contributed by atoms with Crippen LogP contribution in [-0.4, -0.2) is 27.8 Å². The Labute approximate surface area is 232 Å². The second-order valence-electron chi connectivity index (χ2n) is 9.61. The number of ketones is 1. The number of aryl methyl sites for hydroxylation is 2. The van der Waals surface area contributed by atoms with Gasteiger partial charge >= 0.3 is 0 Å². The summed E-state index contributed by atoms with van der Waals surface area (Å²) in [6, 6.07) is 21.9. The lowest BCUT2D eigenvalue weighted by Crippen LogP contribution is -2.38. The number of nitrogens with one attached hydrogen (secondary N) is 3. The number of anilines is 1. The van der Waals surface area contributed by atoms with Crippen molar-refractivity contribution in [2.24, 2.45) is 0 Å². The van der Waals surface area contributed by atoms with Crippen molar-refractivity contribution in [2.75, 3.05) is 5.32 Å². The van der Waals surface area contributed by atoms with Crippen LogP contribution >= 0.6 is 0 Å². The summed E-state index contributed by atoms with van der Waals surface area (Å²) in [5, 5.41) is 24.3. The van der Waals surface area contributed by atoms with Gasteiger partial charge in [0.2, 0.25) is 5.91 Å². The number of hydrogen-bond donors (Lipinski definition) is 5. The molecule has 0 aromatic heterocycles. The number of amides is 2. The fraction of sp³-hybridized carbons (Fsp3) is 0.156. The number of carbonyl (C=O) groups is 3. The average molecular weight is 538 g/mol. The Kier molecular flexibility index (Phi) is 8.49. The summed E-state index contributed by atoms with van der Waals surface area (Å²) in [5.74, 6) is -1.35. The fourth-order valence-corrected chi connectivity index (χ4v) is 4.33. The zero-order valence-corrected chi connectivity index (χ0v) is 22.5. The second-order valence-corrected chi connectivity index (χ2v) is 9.61. The number of benzene rings is 4. The molecule has 0 fully saturated rings. The van der Waals surface area contributed by atoms with E-state index in [4.69, 9.17) is 0 Å². The van der Waals surface area contributed by atoms with Crippen molar-refractivity contribution in [1.29, 1.82) is 0 Å². The van der Waals surface area contributed by atoms with Crippen molar-refractivity contribution in [3.05, 3.63) is 112 Å². The second kappa shape index (κ2) is 12.2. The van der Waals surface area contributed by atoms with Crippen LogP contribution in [0.2, 0.25) is 0 Å². The van der Waals surface area contributed by atoms with E-state index < -0.39 is 5.91 Å². The van der Waals surface area contributed by atoms with Crippen LogP contribution in [0, 0.1) is 13.8 Å². The first-order valence-electron chi connectivity index (χ1n) is 12.8. The first kappa shape index (κ1) is 27.9. The molecule has 0 spiro atoms. The molecule has 0 atom stereocenters. The van der Waals surface area contributed by atoms with Gasteiger partial charge in [-0.3, -0.25) is 19.8 Å². The van der Waals surface area contributed by atoms with Crippen LogP contribution in [0.25, 0.3) is 10.8 Å². The lowest BCUT2D eigenvalue weighted by atomic mass is 10.0. The minimum Gasteiger partial charge on any atom is -0.508 e. The van der Waals surface area contributed by atoms with Gasteiger partial charge < -0.3 is 21.0 Å². The van der Waals surface area contributed by atoms with Gasteiger partial charge in [0.05, 0.1) is 5.56 Å². The number of aromatic hydroxyl groups is 2. The molecule has 2 amide bonds. The summed E-state index contributed by atoms with van der Waals surface area (Å²) in [6.45, 7) is 5.44. The standard InChI is InChI=1S/C32H31N3O5/c1-19-8-9-20(2)27(18-19)33-29(38)17-15-26(21(3)31(39)23-10-13-24(36)14-11-23)34-35-32(40)30-25-7-5-4-6-22(25)12-16-28(30)37/h4-14,16,18,34,36-37H,15,17H2,1-3H3,(H,33,38)(H,35,40)/b26-21+. The van der Waals surface area contributed by atoms with E-state index in [0.717, 1.165) is 16.5 Å². The summed E-state index contributed by atoms with van der Waals surface area (Å²) in [6.07, 6.45) is 0.152. The van der Waals surface area contributed by atoms with Crippen LogP contribution in [0.1, 0.15) is 51.6 Å². The summed E-state index contributed by atoms with van der Waals surface area (Å²) in [4.78, 5) is 39.2. The number of rotatable bonds is 9. The minimum absolute atomic E-state index is 0.0294. The molecule has 0 aliphatic rings. The van der Waals surface area contributed by atoms with E-state index in [2.05, 4.69) is 16.2 Å². The number of hydrogen-bond acceptors (Lipinski definition) is 6. The predicted octanol–water partition coefficient (Wildman–Crippen LogP) is 5.68. The van der Waals surface area contributed by atoms with E-state index in [-0.39, 0.29) is 47.2 Å². The molecule has 40 heavy (non-hydrogen) atoms. The van der Waals surface area contributed by atoms with Crippen LogP contribution in [0.5, 0.6) is 11.5 Å². The summed E-state index contributed by atoms with van der Waals surface area (Å²) in [7, 11) is 0. The predicted molar refractivity (Wildman–Crippen MR) is 155 cm³/mol. The van der Waals surface area contributed by atoms with Gasteiger partial charge in [0, 0.05) is 28.9 Å². The number of phenolic OH excluding ortho intramolecular Hbond substituents is 2. The Balaban J connectivity index is 1.57. The zero-order valence-electron chi connectivity index (χ0n) is 22.5. The highest BCUT2D eigenvalue weighted by Gasteiger charge is 2.19. The summed E-state index contributed by atoms with van der Waals surface area (Å²) < 4.78 is 0. The molecule has 4 rings (SSSR count). The lowest BCUT2D eigenvalue weighted by Gasteiger charge is -2.17. The normalized spacial score (nSPS) is 11.5. The number of phenols is 2. The van der Waals surface area contributed by atoms with Crippen LogP contribution in [0.4, 0.5) is 5.69 Å². The Morgan fingerprint density at radius 1 is 0.800 bits per heavy atom. The number of fused-ring (bicyclic) bond motifs is 1. The van der Waals surface area contributed by atoms with E-state index in [1.807, 2.05) is 44.2 Å². The van der Waals surface area contributed by atoms with Crippen molar-refractivity contribution in [3.8, 4) is 11.5 Å². The Morgan fingerprint density at radius 3 is 2.27 bits per heavy atom. The first-order valence-corrected chi connectivity index (χ1v) is 12.8. The minimum atomic E-state index is -0.600. The van der Waals surface area contributed by atoms with Crippen LogP contribution < -0.4 is 16.2 Å². The van der Waals surface area contributed by atoms with Crippen LogP contribution in [-0.2, 0) is 4.79 Å². The molecule has 0 aliphatic carbocycles. The largest absolute Gasteiger partial charge is 0.508 e. The SMILES string of the molecule is C/C(C(=O)c1ccc(O)cc1)=C(/CCC(=O)Nc1cc(C)ccc1C)NNC(=O)c1c(O)ccc2ccccc12. The maximum absolute atomic E-state index is 13.2. The van der Waals surface area contributed by atoms with Gasteiger partial charge in [-0.1, -0.05) is 42.5 Å². The van der Waals surface area contributed by atoms with Crippen molar-refractivity contribution in [3.63, 3.8) is 0 Å². The molecule has 204 valence electrons. The maximum Gasteiger partial charge on any atom is 0.273 e. The summed E-state index contributed by atoms with van der Waals surface area (Å²) >= 11 is 0. The van der Waals surface area contributed by atoms with Gasteiger partial charge in [0.25, 0.3) is 5.91 Å². The monoisotopic (exact) mass is 537 g/mol. The molecule has 4 aromatic carbocycles. The topological polar surface area (TPSA) is 128 Å². The van der Waals surface area contributed by atoms with E-state index in [9.17, 15) is 24.6 Å². The highest BCUT2D eigenvalue weighted by atomic mass is 16.3. The molecule has 0 radical (unpaired) electrons. The van der Waals surface area contributed by atoms with E-state index in [1.54, 1.807) is 25.1 Å². The highest BCUT2D eigenvalue weighted by molar-refractivity contribution is 6.10. The van der Waals surface area contributed by atoms with Crippen molar-refractivity contribution < 1.29 is 24.6 Å². The molecular formula is C32H31N3O5. The summed E-state index contributed by atoms with van der Waals surface area (Å²) in [5.41, 5.74) is 9.11. The van der Waals surface area contributed by atoms with Gasteiger partial charge in [-0.15, -0.1) is 0 Å². The van der Waals surface area contributed by atoms with Gasteiger partial charge in [0.15, 0.2) is 5.78 Å². The zero-order chi connectivity index (χ0) is 28.8. The van der Waals surface area contributed by atoms with Crippen molar-refractivity contribution >= 4 is 34.1 Å². The number of carbonyl (C=O) groups excluding carboxylic acids is 3. The van der Waals surface area contributed by atoms with Crippen molar-refractivity contribution in [1.82, 2.24) is 10.9 Å². The third-order valence-corrected chi connectivity index (χ3v) is 6.65. The molecule has 0 saturated carbocycles. The maximum atomic E-state index is 13.2. The molecule has 0 heterocycles. The molecule has 8 heteroatoms. The number of hydrazine groups is 1. The van der Waals surface area contributed by atoms with E-state index >= 15 is 0 Å². The Morgan fingerprint density at radius 2 is 1.52 bits per heavy atom. The Bertz CT molecular complexity index is 1620. The third kappa shape index (κ3) is 6.47. The van der Waals surface area contributed by atoms with Gasteiger partial charge in [-0.25, -0.2) is 0 Å². The molecule has 0 unspecified atom stereocenters. The van der Waals surface area contributed by atoms with E-state index in [1.165, 1.54) is 30.3 Å². The van der Waals surface area contributed by atoms with Gasteiger partial charge in [-0.05, 0) is 85.5 Å². The lowest BCUT2D eigenvalue weighted by molar-refractivity contribution is -0.116. The average Bonchev–Trinajstić information content (AvgIpc) is 2.94. The third-order valence-electron chi connectivity index (χ3n) is 6.65. The molecule has 0 bridgehead atoms. The molecule has 0 aliphatic heterocycles. The highest BCUT2D eigenvalue weighted by Crippen LogP contribution is 2.27. The fourth-order valence-electron chi connectivity index (χ4n) is 4.33. The number of allylic oxidation sites excluding steroid dienone is 2. The number of Topliss-reactive ketones (excluding diaryl/α,β-unsaturated/α-hetero) is 1. The van der Waals surface area contributed by atoms with Crippen LogP contribution in [0.3, 0.4) is 0 Å².